The molecule has 0 unspecified atom stereocenters. The molecule has 1 aromatic heterocycles. The first kappa shape index (κ1) is 17.1. The van der Waals surface area contributed by atoms with Gasteiger partial charge in [-0.3, -0.25) is 4.79 Å². The normalized spacial score (nSPS) is 11.0. The van der Waals surface area contributed by atoms with Crippen LogP contribution < -0.4 is 4.74 Å². The molecule has 25 heavy (non-hydrogen) atoms. The van der Waals surface area contributed by atoms with Crippen LogP contribution in [0.5, 0.6) is 5.75 Å². The number of carbonyl (C=O) groups is 1. The van der Waals surface area contributed by atoms with Crippen LogP contribution in [0.15, 0.2) is 36.5 Å². The van der Waals surface area contributed by atoms with Gasteiger partial charge in [-0.25, -0.2) is 8.78 Å². The van der Waals surface area contributed by atoms with Crippen molar-refractivity contribution >= 4 is 16.7 Å². The van der Waals surface area contributed by atoms with E-state index in [-0.39, 0.29) is 36.7 Å². The molecule has 0 saturated carbocycles. The monoisotopic (exact) mass is 345 g/mol. The number of carbonyl (C=O) groups excluding carboxylic acids is 1. The molecule has 130 valence electrons. The van der Waals surface area contributed by atoms with Gasteiger partial charge in [0.25, 0.3) is 0 Å². The van der Waals surface area contributed by atoms with Crippen molar-refractivity contribution < 1.29 is 23.4 Å². The SMILES string of the molecule is Cc1cc(F)c2[nH]cc(C(=O)Cc3ccc(F)cc3OCCO)c2c1. The minimum atomic E-state index is -0.492. The van der Waals surface area contributed by atoms with Gasteiger partial charge in [-0.2, -0.15) is 0 Å². The van der Waals surface area contributed by atoms with Gasteiger partial charge >= 0.3 is 0 Å². The number of Topliss-reactive ketones (excluding diaryl/α,β-unsaturated/α-hetero) is 1. The Kier molecular flexibility index (Phi) is 4.81. The molecule has 0 amide bonds. The minimum absolute atomic E-state index is 0.00212. The van der Waals surface area contributed by atoms with E-state index in [1.807, 2.05) is 0 Å². The summed E-state index contributed by atoms with van der Waals surface area (Å²) < 4.78 is 32.7. The fourth-order valence-electron chi connectivity index (χ4n) is 2.79. The Bertz CT molecular complexity index is 934. The second-order valence-electron chi connectivity index (χ2n) is 5.80. The molecule has 0 fully saturated rings. The van der Waals surface area contributed by atoms with E-state index in [1.165, 1.54) is 30.5 Å². The minimum Gasteiger partial charge on any atom is -0.491 e. The van der Waals surface area contributed by atoms with Crippen molar-refractivity contribution in [2.24, 2.45) is 0 Å². The lowest BCUT2D eigenvalue weighted by Crippen LogP contribution is -2.08. The van der Waals surface area contributed by atoms with E-state index in [1.54, 1.807) is 13.0 Å². The molecular weight excluding hydrogens is 328 g/mol. The van der Waals surface area contributed by atoms with Gasteiger partial charge in [-0.1, -0.05) is 6.07 Å². The zero-order valence-electron chi connectivity index (χ0n) is 13.6. The summed E-state index contributed by atoms with van der Waals surface area (Å²) in [7, 11) is 0. The number of rotatable bonds is 6. The number of ether oxygens (including phenoxy) is 1. The zero-order chi connectivity index (χ0) is 18.0. The molecule has 3 rings (SSSR count). The summed E-state index contributed by atoms with van der Waals surface area (Å²) in [5, 5.41) is 9.38. The molecule has 6 heteroatoms. The van der Waals surface area contributed by atoms with E-state index in [9.17, 15) is 13.6 Å². The predicted molar refractivity (Wildman–Crippen MR) is 90.0 cm³/mol. The average Bonchev–Trinajstić information content (AvgIpc) is 2.99. The number of ketones is 1. The van der Waals surface area contributed by atoms with Crippen LogP contribution in [0.1, 0.15) is 21.5 Å². The number of H-pyrrole nitrogens is 1. The van der Waals surface area contributed by atoms with Crippen LogP contribution in [0.4, 0.5) is 8.78 Å². The molecule has 2 aromatic carbocycles. The number of aromatic amines is 1. The summed E-state index contributed by atoms with van der Waals surface area (Å²) >= 11 is 0. The molecule has 0 spiro atoms. The third-order valence-corrected chi connectivity index (χ3v) is 3.92. The van der Waals surface area contributed by atoms with Crippen LogP contribution in [-0.2, 0) is 6.42 Å². The maximum absolute atomic E-state index is 14.0. The van der Waals surface area contributed by atoms with E-state index in [4.69, 9.17) is 9.84 Å². The highest BCUT2D eigenvalue weighted by molar-refractivity contribution is 6.09. The highest BCUT2D eigenvalue weighted by Crippen LogP contribution is 2.26. The van der Waals surface area contributed by atoms with E-state index in [2.05, 4.69) is 4.98 Å². The van der Waals surface area contributed by atoms with Crippen LogP contribution >= 0.6 is 0 Å². The van der Waals surface area contributed by atoms with Crippen molar-refractivity contribution in [2.75, 3.05) is 13.2 Å². The lowest BCUT2D eigenvalue weighted by atomic mass is 10.0. The Balaban J connectivity index is 1.93. The number of halogens is 2. The number of aryl methyl sites for hydroxylation is 1. The number of aliphatic hydroxyl groups excluding tert-OH is 1. The van der Waals surface area contributed by atoms with Gasteiger partial charge in [-0.05, 0) is 30.7 Å². The topological polar surface area (TPSA) is 62.3 Å². The first-order valence-corrected chi connectivity index (χ1v) is 7.82. The molecule has 0 radical (unpaired) electrons. The highest BCUT2D eigenvalue weighted by atomic mass is 19.1. The molecular formula is C19H17F2NO3. The van der Waals surface area contributed by atoms with Gasteiger partial charge in [0, 0.05) is 35.2 Å². The van der Waals surface area contributed by atoms with Gasteiger partial charge in [0.05, 0.1) is 12.1 Å². The summed E-state index contributed by atoms with van der Waals surface area (Å²) in [5.74, 6) is -0.932. The van der Waals surface area contributed by atoms with Crippen molar-refractivity contribution in [3.63, 3.8) is 0 Å². The number of aliphatic hydroxyl groups is 1. The number of hydrogen-bond acceptors (Lipinski definition) is 3. The van der Waals surface area contributed by atoms with E-state index >= 15 is 0 Å². The Hall–Kier alpha value is -2.73. The number of fused-ring (bicyclic) bond motifs is 1. The Morgan fingerprint density at radius 1 is 1.24 bits per heavy atom. The molecule has 0 aliphatic heterocycles. The van der Waals surface area contributed by atoms with Gasteiger partial charge in [0.1, 0.15) is 24.0 Å². The largest absolute Gasteiger partial charge is 0.491 e. The summed E-state index contributed by atoms with van der Waals surface area (Å²) in [4.78, 5) is 15.5. The Morgan fingerprint density at radius 2 is 2.04 bits per heavy atom. The van der Waals surface area contributed by atoms with Crippen molar-refractivity contribution in [2.45, 2.75) is 13.3 Å². The fourth-order valence-corrected chi connectivity index (χ4v) is 2.79. The van der Waals surface area contributed by atoms with E-state index < -0.39 is 11.6 Å². The molecule has 4 nitrogen and oxygen atoms in total. The summed E-state index contributed by atoms with van der Waals surface area (Å²) in [6.45, 7) is 1.54. The van der Waals surface area contributed by atoms with Crippen molar-refractivity contribution in [3.8, 4) is 5.75 Å². The summed E-state index contributed by atoms with van der Waals surface area (Å²) in [6, 6.07) is 7.04. The van der Waals surface area contributed by atoms with E-state index in [0.29, 0.717) is 22.1 Å². The smallest absolute Gasteiger partial charge is 0.169 e. The molecule has 0 aliphatic rings. The highest BCUT2D eigenvalue weighted by Gasteiger charge is 2.17. The van der Waals surface area contributed by atoms with Crippen molar-refractivity contribution in [1.29, 1.82) is 0 Å². The van der Waals surface area contributed by atoms with Gasteiger partial charge in [0.2, 0.25) is 0 Å². The molecule has 0 aliphatic carbocycles. The van der Waals surface area contributed by atoms with Crippen LogP contribution in [0, 0.1) is 18.6 Å². The van der Waals surface area contributed by atoms with Crippen LogP contribution in [-0.4, -0.2) is 29.1 Å². The quantitative estimate of drug-likeness (QED) is 0.672. The maximum atomic E-state index is 14.0. The first-order chi connectivity index (χ1) is 12.0. The van der Waals surface area contributed by atoms with Crippen LogP contribution in [0.25, 0.3) is 10.9 Å². The molecule has 1 heterocycles. The van der Waals surface area contributed by atoms with Crippen molar-refractivity contribution in [1.82, 2.24) is 4.98 Å². The molecule has 3 aromatic rings. The Labute approximate surface area is 143 Å². The maximum Gasteiger partial charge on any atom is 0.169 e. The van der Waals surface area contributed by atoms with Gasteiger partial charge in [-0.15, -0.1) is 0 Å². The third kappa shape index (κ3) is 3.53. The number of aromatic nitrogens is 1. The Morgan fingerprint density at radius 3 is 2.80 bits per heavy atom. The van der Waals surface area contributed by atoms with E-state index in [0.717, 1.165) is 0 Å². The van der Waals surface area contributed by atoms with Gasteiger partial charge in [0.15, 0.2) is 5.78 Å². The van der Waals surface area contributed by atoms with Crippen LogP contribution in [0.2, 0.25) is 0 Å². The molecule has 0 atom stereocenters. The average molecular weight is 345 g/mol. The molecule has 2 N–H and O–H groups in total. The number of hydrogen-bond donors (Lipinski definition) is 2. The lowest BCUT2D eigenvalue weighted by molar-refractivity contribution is 0.0993. The fraction of sp³-hybridized carbons (Fsp3) is 0.211. The lowest BCUT2D eigenvalue weighted by Gasteiger charge is -2.10. The molecule has 0 saturated heterocycles. The summed E-state index contributed by atoms with van der Waals surface area (Å²) in [5.41, 5.74) is 1.87. The molecule has 0 bridgehead atoms. The zero-order valence-corrected chi connectivity index (χ0v) is 13.6. The summed E-state index contributed by atoms with van der Waals surface area (Å²) in [6.07, 6.45) is 1.46. The standard InChI is InChI=1S/C19H17F2NO3/c1-11-6-14-15(10-22-19(14)16(21)7-11)17(24)8-12-2-3-13(20)9-18(12)25-5-4-23/h2-3,6-7,9-10,22-23H,4-5,8H2,1H3. The van der Waals surface area contributed by atoms with Crippen LogP contribution in [0.3, 0.4) is 0 Å². The third-order valence-electron chi connectivity index (χ3n) is 3.92. The second-order valence-corrected chi connectivity index (χ2v) is 5.80. The second kappa shape index (κ2) is 7.03. The number of benzene rings is 2. The first-order valence-electron chi connectivity index (χ1n) is 7.82. The van der Waals surface area contributed by atoms with Gasteiger partial charge < -0.3 is 14.8 Å². The predicted octanol–water partition coefficient (Wildman–Crippen LogP) is 3.55. The number of nitrogens with one attached hydrogen (secondary N) is 1. The van der Waals surface area contributed by atoms with Crippen molar-refractivity contribution in [3.05, 3.63) is 64.9 Å².